The van der Waals surface area contributed by atoms with Gasteiger partial charge < -0.3 is 16.0 Å². The maximum absolute atomic E-state index is 12.6. The van der Waals surface area contributed by atoms with Crippen LogP contribution in [-0.2, 0) is 22.7 Å². The second-order valence-corrected chi connectivity index (χ2v) is 7.42. The van der Waals surface area contributed by atoms with Crippen molar-refractivity contribution in [2.24, 2.45) is 0 Å². The fourth-order valence-electron chi connectivity index (χ4n) is 2.93. The van der Waals surface area contributed by atoms with Gasteiger partial charge in [-0.2, -0.15) is 0 Å². The number of nitrogens with one attached hydrogen (secondary N) is 3. The van der Waals surface area contributed by atoms with Gasteiger partial charge in [0, 0.05) is 18.1 Å². The molecule has 0 saturated carbocycles. The summed E-state index contributed by atoms with van der Waals surface area (Å²) in [6, 6.07) is 21.3. The number of carbonyl (C=O) groups excluding carboxylic acids is 3. The van der Waals surface area contributed by atoms with Crippen LogP contribution in [0.15, 0.2) is 72.8 Å². The first kappa shape index (κ1) is 22.1. The van der Waals surface area contributed by atoms with Gasteiger partial charge in [0.15, 0.2) is 0 Å². The van der Waals surface area contributed by atoms with E-state index in [9.17, 15) is 14.4 Å². The van der Waals surface area contributed by atoms with Crippen LogP contribution in [0.4, 0.5) is 5.69 Å². The molecule has 0 saturated heterocycles. The Morgan fingerprint density at radius 1 is 0.774 bits per heavy atom. The summed E-state index contributed by atoms with van der Waals surface area (Å²) in [6.45, 7) is 2.51. The van der Waals surface area contributed by atoms with Crippen LogP contribution in [0.2, 0.25) is 5.02 Å². The summed E-state index contributed by atoms with van der Waals surface area (Å²) in [5, 5.41) is 8.48. The van der Waals surface area contributed by atoms with Crippen molar-refractivity contribution in [3.05, 3.63) is 100 Å². The van der Waals surface area contributed by atoms with E-state index in [0.29, 0.717) is 11.6 Å². The minimum Gasteiger partial charge on any atom is -0.348 e. The largest absolute Gasteiger partial charge is 0.348 e. The van der Waals surface area contributed by atoms with Crippen LogP contribution in [0, 0.1) is 6.92 Å². The summed E-state index contributed by atoms with van der Waals surface area (Å²) in [6.07, 6.45) is 0. The topological polar surface area (TPSA) is 87.3 Å². The van der Waals surface area contributed by atoms with E-state index in [1.807, 2.05) is 31.2 Å². The molecule has 7 heteroatoms. The SMILES string of the molecule is Cc1cccc(CNC(=O)c2ccccc2NC(=O)C(=O)NCc2ccc(Cl)cc2)c1. The summed E-state index contributed by atoms with van der Waals surface area (Å²) < 4.78 is 0. The first-order chi connectivity index (χ1) is 14.9. The molecule has 158 valence electrons. The number of benzene rings is 3. The van der Waals surface area contributed by atoms with Gasteiger partial charge in [-0.15, -0.1) is 0 Å². The number of para-hydroxylation sites is 1. The Balaban J connectivity index is 1.59. The third-order valence-electron chi connectivity index (χ3n) is 4.53. The summed E-state index contributed by atoms with van der Waals surface area (Å²) in [5.41, 5.74) is 3.41. The number of anilines is 1. The van der Waals surface area contributed by atoms with Crippen LogP contribution in [-0.4, -0.2) is 17.7 Å². The molecule has 0 bridgehead atoms. The molecular formula is C24H22ClN3O3. The molecule has 0 aliphatic heterocycles. The van der Waals surface area contributed by atoms with Crippen LogP contribution in [0.5, 0.6) is 0 Å². The summed E-state index contributed by atoms with van der Waals surface area (Å²) in [7, 11) is 0. The maximum Gasteiger partial charge on any atom is 0.313 e. The minimum absolute atomic E-state index is 0.183. The van der Waals surface area contributed by atoms with Crippen molar-refractivity contribution in [2.45, 2.75) is 20.0 Å². The lowest BCUT2D eigenvalue weighted by atomic mass is 10.1. The van der Waals surface area contributed by atoms with Crippen LogP contribution in [0.1, 0.15) is 27.0 Å². The summed E-state index contributed by atoms with van der Waals surface area (Å²) in [4.78, 5) is 37.1. The number of halogens is 1. The van der Waals surface area contributed by atoms with E-state index < -0.39 is 11.8 Å². The van der Waals surface area contributed by atoms with E-state index in [1.54, 1.807) is 48.5 Å². The van der Waals surface area contributed by atoms with Crippen molar-refractivity contribution in [1.82, 2.24) is 10.6 Å². The van der Waals surface area contributed by atoms with Gasteiger partial charge in [-0.1, -0.05) is 65.7 Å². The standard InChI is InChI=1S/C24H22ClN3O3/c1-16-5-4-6-18(13-16)15-26-22(29)20-7-2-3-8-21(20)28-24(31)23(30)27-14-17-9-11-19(25)12-10-17/h2-13H,14-15H2,1H3,(H,26,29)(H,27,30)(H,28,31). The Bertz CT molecular complexity index is 1100. The molecule has 0 spiro atoms. The molecule has 6 nitrogen and oxygen atoms in total. The van der Waals surface area contributed by atoms with Gasteiger partial charge in [0.05, 0.1) is 11.3 Å². The van der Waals surface area contributed by atoms with Crippen molar-refractivity contribution < 1.29 is 14.4 Å². The molecule has 0 fully saturated rings. The molecule has 0 atom stereocenters. The second kappa shape index (κ2) is 10.4. The number of hydrogen-bond donors (Lipinski definition) is 3. The summed E-state index contributed by atoms with van der Waals surface area (Å²) >= 11 is 5.84. The predicted octanol–water partition coefficient (Wildman–Crippen LogP) is 3.83. The Labute approximate surface area is 185 Å². The molecule has 0 aliphatic rings. The van der Waals surface area contributed by atoms with E-state index in [1.165, 1.54) is 0 Å². The van der Waals surface area contributed by atoms with Crippen LogP contribution < -0.4 is 16.0 Å². The van der Waals surface area contributed by atoms with Crippen LogP contribution >= 0.6 is 11.6 Å². The minimum atomic E-state index is -0.854. The number of rotatable bonds is 6. The Hall–Kier alpha value is -3.64. The molecule has 0 unspecified atom stereocenters. The molecule has 0 aliphatic carbocycles. The van der Waals surface area contributed by atoms with Crippen molar-refractivity contribution >= 4 is 35.0 Å². The lowest BCUT2D eigenvalue weighted by molar-refractivity contribution is -0.136. The molecule has 3 rings (SSSR count). The van der Waals surface area contributed by atoms with Gasteiger partial charge >= 0.3 is 11.8 Å². The van der Waals surface area contributed by atoms with Crippen molar-refractivity contribution in [1.29, 1.82) is 0 Å². The van der Waals surface area contributed by atoms with E-state index in [0.717, 1.165) is 16.7 Å². The first-order valence-corrected chi connectivity index (χ1v) is 10.1. The number of aryl methyl sites for hydroxylation is 1. The molecule has 0 aromatic heterocycles. The molecule has 31 heavy (non-hydrogen) atoms. The fraction of sp³-hybridized carbons (Fsp3) is 0.125. The lowest BCUT2D eigenvalue weighted by Crippen LogP contribution is -2.35. The van der Waals surface area contributed by atoms with E-state index in [-0.39, 0.29) is 23.7 Å². The monoisotopic (exact) mass is 435 g/mol. The second-order valence-electron chi connectivity index (χ2n) is 6.98. The van der Waals surface area contributed by atoms with Crippen molar-refractivity contribution in [3.63, 3.8) is 0 Å². The molecule has 3 aromatic carbocycles. The van der Waals surface area contributed by atoms with Gasteiger partial charge in [0.1, 0.15) is 0 Å². The predicted molar refractivity (Wildman–Crippen MR) is 121 cm³/mol. The van der Waals surface area contributed by atoms with Crippen LogP contribution in [0.25, 0.3) is 0 Å². The molecule has 3 aromatic rings. The maximum atomic E-state index is 12.6. The van der Waals surface area contributed by atoms with Crippen LogP contribution in [0.3, 0.4) is 0 Å². The zero-order chi connectivity index (χ0) is 22.2. The zero-order valence-corrected chi connectivity index (χ0v) is 17.7. The number of amides is 3. The van der Waals surface area contributed by atoms with Crippen molar-refractivity contribution in [2.75, 3.05) is 5.32 Å². The Morgan fingerprint density at radius 2 is 1.48 bits per heavy atom. The fourth-order valence-corrected chi connectivity index (χ4v) is 3.06. The molecule has 0 radical (unpaired) electrons. The average molecular weight is 436 g/mol. The Morgan fingerprint density at radius 3 is 2.23 bits per heavy atom. The highest BCUT2D eigenvalue weighted by molar-refractivity contribution is 6.40. The highest BCUT2D eigenvalue weighted by Gasteiger charge is 2.17. The zero-order valence-electron chi connectivity index (χ0n) is 16.9. The van der Waals surface area contributed by atoms with Crippen molar-refractivity contribution in [3.8, 4) is 0 Å². The van der Waals surface area contributed by atoms with E-state index in [2.05, 4.69) is 16.0 Å². The highest BCUT2D eigenvalue weighted by Crippen LogP contribution is 2.15. The highest BCUT2D eigenvalue weighted by atomic mass is 35.5. The van der Waals surface area contributed by atoms with E-state index in [4.69, 9.17) is 11.6 Å². The number of carbonyl (C=O) groups is 3. The molecule has 3 amide bonds. The molecule has 0 heterocycles. The van der Waals surface area contributed by atoms with E-state index >= 15 is 0 Å². The molecular weight excluding hydrogens is 414 g/mol. The van der Waals surface area contributed by atoms with Gasteiger partial charge in [-0.3, -0.25) is 14.4 Å². The van der Waals surface area contributed by atoms with Gasteiger partial charge in [-0.25, -0.2) is 0 Å². The first-order valence-electron chi connectivity index (χ1n) is 9.69. The van der Waals surface area contributed by atoms with Gasteiger partial charge in [-0.05, 0) is 42.3 Å². The lowest BCUT2D eigenvalue weighted by Gasteiger charge is -2.12. The molecule has 3 N–H and O–H groups in total. The summed E-state index contributed by atoms with van der Waals surface area (Å²) in [5.74, 6) is -2.00. The van der Waals surface area contributed by atoms with Gasteiger partial charge in [0.2, 0.25) is 0 Å². The van der Waals surface area contributed by atoms with Gasteiger partial charge in [0.25, 0.3) is 5.91 Å². The quantitative estimate of drug-likeness (QED) is 0.514. The third-order valence-corrected chi connectivity index (χ3v) is 4.78. The number of hydrogen-bond acceptors (Lipinski definition) is 3. The third kappa shape index (κ3) is 6.42. The smallest absolute Gasteiger partial charge is 0.313 e. The normalized spacial score (nSPS) is 10.3. The Kier molecular flexibility index (Phi) is 7.40. The average Bonchev–Trinajstić information content (AvgIpc) is 2.77.